The lowest BCUT2D eigenvalue weighted by atomic mass is 9.74. The molecule has 2 fully saturated rings. The number of carboxylic acid groups (broad SMARTS) is 2. The Morgan fingerprint density at radius 1 is 1.17 bits per heavy atom. The minimum Gasteiger partial charge on any atom is -0.473 e. The highest BCUT2D eigenvalue weighted by Gasteiger charge is 2.41. The van der Waals surface area contributed by atoms with E-state index in [0.29, 0.717) is 0 Å². The number of carboxylic acids is 2. The highest BCUT2D eigenvalue weighted by atomic mass is 16.4. The molecule has 2 atom stereocenters. The Balaban J connectivity index is 0.000000277. The molecule has 1 aromatic rings. The first-order valence-electron chi connectivity index (χ1n) is 7.87. The van der Waals surface area contributed by atoms with E-state index in [2.05, 4.69) is 5.32 Å². The van der Waals surface area contributed by atoms with Crippen molar-refractivity contribution in [2.24, 2.45) is 0 Å². The van der Waals surface area contributed by atoms with Gasteiger partial charge in [0.2, 0.25) is 0 Å². The van der Waals surface area contributed by atoms with Crippen LogP contribution in [-0.2, 0) is 9.59 Å². The lowest BCUT2D eigenvalue weighted by Gasteiger charge is -2.46. The molecule has 23 heavy (non-hydrogen) atoms. The maximum atomic E-state index is 10.1. The van der Waals surface area contributed by atoms with Crippen molar-refractivity contribution >= 4 is 11.9 Å². The van der Waals surface area contributed by atoms with E-state index in [9.17, 15) is 5.11 Å². The third-order valence-electron chi connectivity index (χ3n) is 4.49. The third kappa shape index (κ3) is 4.80. The van der Waals surface area contributed by atoms with E-state index in [0.717, 1.165) is 18.6 Å². The molecular formula is C16H23NO6. The fourth-order valence-corrected chi connectivity index (χ4v) is 3.55. The molecule has 2 heterocycles. The third-order valence-corrected chi connectivity index (χ3v) is 4.49. The summed E-state index contributed by atoms with van der Waals surface area (Å²) in [4.78, 5) is 18.2. The molecule has 1 spiro atoms. The average molecular weight is 325 g/mol. The Kier molecular flexibility index (Phi) is 5.79. The molecule has 2 unspecified atom stereocenters. The van der Waals surface area contributed by atoms with Crippen LogP contribution in [0, 0.1) is 0 Å². The first-order valence-corrected chi connectivity index (χ1v) is 7.87. The summed E-state index contributed by atoms with van der Waals surface area (Å²) in [7, 11) is 0. The molecule has 3 rings (SSSR count). The van der Waals surface area contributed by atoms with E-state index in [1.807, 2.05) is 12.1 Å². The van der Waals surface area contributed by atoms with Crippen molar-refractivity contribution < 1.29 is 29.3 Å². The van der Waals surface area contributed by atoms with E-state index < -0.39 is 11.9 Å². The van der Waals surface area contributed by atoms with Crippen LogP contribution in [0.4, 0.5) is 0 Å². The minimum absolute atomic E-state index is 0.160. The Bertz CT molecular complexity index is 509. The van der Waals surface area contributed by atoms with Gasteiger partial charge in [0.1, 0.15) is 5.76 Å². The first-order chi connectivity index (χ1) is 10.9. The van der Waals surface area contributed by atoms with Crippen LogP contribution in [0.25, 0.3) is 0 Å². The lowest BCUT2D eigenvalue weighted by molar-refractivity contribution is -0.159. The van der Waals surface area contributed by atoms with Crippen molar-refractivity contribution in [3.05, 3.63) is 24.2 Å². The number of piperidine rings is 1. The number of hydrogen-bond donors (Lipinski definition) is 4. The average Bonchev–Trinajstić information content (AvgIpc) is 3.02. The standard InChI is InChI=1S/C14H21NO2.C2H2O4/c16-11-9-12(13-5-4-8-17-13)15-14(10-11)6-2-1-3-7-14;3-1(4)2(5)6/h4-5,8,11-12,15-16H,1-3,6-7,9-10H2;(H,3,4)(H,5,6). The summed E-state index contributed by atoms with van der Waals surface area (Å²) in [6.45, 7) is 0. The predicted molar refractivity (Wildman–Crippen MR) is 80.9 cm³/mol. The molecule has 2 aliphatic rings. The van der Waals surface area contributed by atoms with Gasteiger partial charge in [-0.1, -0.05) is 19.3 Å². The monoisotopic (exact) mass is 325 g/mol. The maximum Gasteiger partial charge on any atom is 0.414 e. The number of aliphatic carboxylic acids is 2. The topological polar surface area (TPSA) is 120 Å². The number of aliphatic hydroxyl groups is 1. The van der Waals surface area contributed by atoms with Crippen LogP contribution >= 0.6 is 0 Å². The Hall–Kier alpha value is -1.86. The van der Waals surface area contributed by atoms with E-state index in [4.69, 9.17) is 24.2 Å². The normalized spacial score (nSPS) is 26.1. The molecule has 1 saturated carbocycles. The van der Waals surface area contributed by atoms with Gasteiger partial charge in [-0.25, -0.2) is 9.59 Å². The van der Waals surface area contributed by atoms with Crippen LogP contribution in [0.1, 0.15) is 56.7 Å². The number of nitrogens with one attached hydrogen (secondary N) is 1. The van der Waals surface area contributed by atoms with Gasteiger partial charge in [0, 0.05) is 5.54 Å². The molecule has 1 saturated heterocycles. The molecule has 0 radical (unpaired) electrons. The fraction of sp³-hybridized carbons (Fsp3) is 0.625. The van der Waals surface area contributed by atoms with Gasteiger partial charge >= 0.3 is 11.9 Å². The van der Waals surface area contributed by atoms with Crippen LogP contribution in [0.3, 0.4) is 0 Å². The summed E-state index contributed by atoms with van der Waals surface area (Å²) in [6, 6.07) is 4.12. The highest BCUT2D eigenvalue weighted by Crippen LogP contribution is 2.39. The number of carbonyl (C=O) groups is 2. The Morgan fingerprint density at radius 3 is 2.35 bits per heavy atom. The van der Waals surface area contributed by atoms with Gasteiger partial charge in [-0.15, -0.1) is 0 Å². The van der Waals surface area contributed by atoms with Crippen molar-refractivity contribution in [3.63, 3.8) is 0 Å². The second-order valence-electron chi connectivity index (χ2n) is 6.26. The molecule has 128 valence electrons. The quantitative estimate of drug-likeness (QED) is 0.582. The molecule has 7 heteroatoms. The molecule has 1 aromatic heterocycles. The molecule has 1 aliphatic carbocycles. The number of furan rings is 1. The van der Waals surface area contributed by atoms with Gasteiger partial charge in [-0.3, -0.25) is 0 Å². The van der Waals surface area contributed by atoms with Gasteiger partial charge in [0.15, 0.2) is 0 Å². The maximum absolute atomic E-state index is 10.1. The zero-order valence-corrected chi connectivity index (χ0v) is 12.9. The van der Waals surface area contributed by atoms with Crippen LogP contribution < -0.4 is 5.32 Å². The highest BCUT2D eigenvalue weighted by molar-refractivity contribution is 6.27. The zero-order chi connectivity index (χ0) is 16.9. The zero-order valence-electron chi connectivity index (χ0n) is 12.9. The Morgan fingerprint density at radius 2 is 1.83 bits per heavy atom. The summed E-state index contributed by atoms with van der Waals surface area (Å²) >= 11 is 0. The van der Waals surface area contributed by atoms with Gasteiger partial charge in [0.05, 0.1) is 18.4 Å². The second-order valence-corrected chi connectivity index (χ2v) is 6.26. The van der Waals surface area contributed by atoms with E-state index in [-0.39, 0.29) is 17.7 Å². The van der Waals surface area contributed by atoms with Crippen LogP contribution in [-0.4, -0.2) is 38.9 Å². The van der Waals surface area contributed by atoms with E-state index in [1.165, 1.54) is 32.1 Å². The van der Waals surface area contributed by atoms with Crippen molar-refractivity contribution in [3.8, 4) is 0 Å². The molecule has 1 aliphatic heterocycles. The largest absolute Gasteiger partial charge is 0.473 e. The van der Waals surface area contributed by atoms with Crippen molar-refractivity contribution in [1.82, 2.24) is 5.32 Å². The minimum atomic E-state index is -1.82. The van der Waals surface area contributed by atoms with Crippen molar-refractivity contribution in [1.29, 1.82) is 0 Å². The summed E-state index contributed by atoms with van der Waals surface area (Å²) in [5, 5.41) is 28.6. The Labute approximate surface area is 134 Å². The van der Waals surface area contributed by atoms with Crippen LogP contribution in [0.2, 0.25) is 0 Å². The van der Waals surface area contributed by atoms with Gasteiger partial charge in [0.25, 0.3) is 0 Å². The fourth-order valence-electron chi connectivity index (χ4n) is 3.55. The molecular weight excluding hydrogens is 302 g/mol. The summed E-state index contributed by atoms with van der Waals surface area (Å²) in [6.07, 6.45) is 9.50. The van der Waals surface area contributed by atoms with Crippen LogP contribution in [0.5, 0.6) is 0 Å². The molecule has 0 amide bonds. The predicted octanol–water partition coefficient (Wildman–Crippen LogP) is 1.92. The summed E-state index contributed by atoms with van der Waals surface area (Å²) in [5.74, 6) is -2.68. The van der Waals surface area contributed by atoms with E-state index >= 15 is 0 Å². The van der Waals surface area contributed by atoms with Gasteiger partial charge < -0.3 is 25.1 Å². The van der Waals surface area contributed by atoms with Gasteiger partial charge in [-0.2, -0.15) is 0 Å². The van der Waals surface area contributed by atoms with Crippen LogP contribution in [0.15, 0.2) is 22.8 Å². The molecule has 0 bridgehead atoms. The summed E-state index contributed by atoms with van der Waals surface area (Å²) in [5.41, 5.74) is 0.160. The van der Waals surface area contributed by atoms with Crippen molar-refractivity contribution in [2.45, 2.75) is 62.6 Å². The number of rotatable bonds is 1. The SMILES string of the molecule is O=C(O)C(=O)O.OC1CC(c2ccco2)NC2(CCCCC2)C1. The van der Waals surface area contributed by atoms with E-state index in [1.54, 1.807) is 6.26 Å². The molecule has 4 N–H and O–H groups in total. The number of hydrogen-bond acceptors (Lipinski definition) is 5. The first kappa shape index (κ1) is 17.5. The second kappa shape index (κ2) is 7.61. The van der Waals surface area contributed by atoms with Gasteiger partial charge in [-0.05, 0) is 37.8 Å². The molecule has 7 nitrogen and oxygen atoms in total. The van der Waals surface area contributed by atoms with Crippen molar-refractivity contribution in [2.75, 3.05) is 0 Å². The molecule has 0 aromatic carbocycles. The number of aliphatic hydroxyl groups excluding tert-OH is 1. The lowest BCUT2D eigenvalue weighted by Crippen LogP contribution is -2.54. The smallest absolute Gasteiger partial charge is 0.414 e. The summed E-state index contributed by atoms with van der Waals surface area (Å²) < 4.78 is 5.48.